The van der Waals surface area contributed by atoms with Crippen LogP contribution in [0, 0.1) is 43.4 Å². The van der Waals surface area contributed by atoms with Crippen molar-refractivity contribution < 1.29 is 50.6 Å². The molecule has 2 aliphatic heterocycles. The van der Waals surface area contributed by atoms with Crippen molar-refractivity contribution in [3.63, 3.8) is 0 Å². The van der Waals surface area contributed by atoms with Gasteiger partial charge in [0.1, 0.15) is 16.7 Å². The largest absolute Gasteiger partial charge is 0.481 e. The summed E-state index contributed by atoms with van der Waals surface area (Å²) in [6, 6.07) is 15.0. The Morgan fingerprint density at radius 2 is 1.33 bits per heavy atom. The molecule has 8 rings (SSSR count). The van der Waals surface area contributed by atoms with Crippen LogP contribution >= 0.6 is 12.4 Å². The fourth-order valence-corrected chi connectivity index (χ4v) is 11.6. The van der Waals surface area contributed by atoms with Gasteiger partial charge in [0.25, 0.3) is 20.0 Å². The molecule has 3 aliphatic rings. The van der Waals surface area contributed by atoms with Crippen LogP contribution in [0.1, 0.15) is 109 Å². The summed E-state index contributed by atoms with van der Waals surface area (Å²) in [6.45, 7) is 20.3. The molecular weight excluding hydrogens is 1040 g/mol. The van der Waals surface area contributed by atoms with E-state index in [9.17, 15) is 36.0 Å². The number of carboxylic acids is 1. The molecule has 5 heterocycles. The van der Waals surface area contributed by atoms with Gasteiger partial charge in [0.05, 0.1) is 63.6 Å². The molecular formula is C53H72ClN9O11S2. The maximum absolute atomic E-state index is 13.1. The Labute approximate surface area is 452 Å². The summed E-state index contributed by atoms with van der Waals surface area (Å²) in [7, 11) is -7.41. The van der Waals surface area contributed by atoms with Crippen LogP contribution in [-0.4, -0.2) is 106 Å². The van der Waals surface area contributed by atoms with E-state index < -0.39 is 49.2 Å². The van der Waals surface area contributed by atoms with E-state index in [1.54, 1.807) is 59.5 Å². The van der Waals surface area contributed by atoms with Gasteiger partial charge in [-0.3, -0.25) is 19.4 Å². The summed E-state index contributed by atoms with van der Waals surface area (Å²) >= 11 is 0. The molecule has 2 aromatic carbocycles. The lowest BCUT2D eigenvalue weighted by Gasteiger charge is -2.36. The number of rotatable bonds is 10. The molecule has 20 nitrogen and oxygen atoms in total. The number of likely N-dealkylation sites (tertiary alicyclic amines) is 1. The van der Waals surface area contributed by atoms with Gasteiger partial charge >= 0.3 is 18.0 Å². The molecule has 1 saturated carbocycles. The van der Waals surface area contributed by atoms with Gasteiger partial charge < -0.3 is 30.5 Å². The van der Waals surface area contributed by atoms with Gasteiger partial charge in [0.15, 0.2) is 11.5 Å². The van der Waals surface area contributed by atoms with Crippen LogP contribution in [0.3, 0.4) is 0 Å². The molecule has 5 atom stereocenters. The molecule has 76 heavy (non-hydrogen) atoms. The van der Waals surface area contributed by atoms with E-state index >= 15 is 0 Å². The van der Waals surface area contributed by atoms with Crippen molar-refractivity contribution in [2.45, 2.75) is 135 Å². The zero-order valence-corrected chi connectivity index (χ0v) is 47.3. The Hall–Kier alpha value is -6.23. The number of benzene rings is 2. The van der Waals surface area contributed by atoms with Crippen molar-refractivity contribution in [2.75, 3.05) is 23.9 Å². The van der Waals surface area contributed by atoms with Crippen molar-refractivity contribution in [2.24, 2.45) is 35.3 Å². The number of piperidine rings is 1. The van der Waals surface area contributed by atoms with Gasteiger partial charge in [0.2, 0.25) is 5.91 Å². The SMILES string of the molecule is C[C@@H]1CCC(C(=O)OC(C)(C)C)C[C@@H]1C(=O)O.Cc1ccc(S(=O)(=O)N2CCc3nc(CN)cnc32)cc1.Cc1ccc(S(=O)(=O)n2ccc3nc(CNC(=O)[C@H]4CN(C(=O)OC(C)(C)C)CC[C@H]4C)cnc32)cc1.Cl. The minimum atomic E-state index is -3.82. The zero-order chi connectivity index (χ0) is 55.2. The summed E-state index contributed by atoms with van der Waals surface area (Å²) in [5.74, 6) is -1.62. The van der Waals surface area contributed by atoms with Gasteiger partial charge in [-0.25, -0.2) is 44.9 Å². The topological polar surface area (TPSA) is 276 Å². The molecule has 5 aromatic rings. The highest BCUT2D eigenvalue weighted by Gasteiger charge is 2.38. The minimum Gasteiger partial charge on any atom is -0.481 e. The molecule has 23 heteroatoms. The Balaban J connectivity index is 0.000000231. The molecule has 0 radical (unpaired) electrons. The zero-order valence-electron chi connectivity index (χ0n) is 44.8. The number of aliphatic carboxylic acids is 1. The smallest absolute Gasteiger partial charge is 0.410 e. The predicted octanol–water partition coefficient (Wildman–Crippen LogP) is 7.37. The van der Waals surface area contributed by atoms with Gasteiger partial charge in [0, 0.05) is 38.8 Å². The lowest BCUT2D eigenvalue weighted by Crippen LogP contribution is -2.49. The number of nitrogens with zero attached hydrogens (tertiary/aromatic N) is 7. The molecule has 1 aliphatic carbocycles. The van der Waals surface area contributed by atoms with E-state index in [-0.39, 0.29) is 76.5 Å². The molecule has 0 bridgehead atoms. The first-order valence-electron chi connectivity index (χ1n) is 25.1. The van der Waals surface area contributed by atoms with Crippen molar-refractivity contribution in [3.05, 3.63) is 101 Å². The number of hydrogen-bond donors (Lipinski definition) is 3. The monoisotopic (exact) mass is 1110 g/mol. The summed E-state index contributed by atoms with van der Waals surface area (Å²) in [4.78, 5) is 67.8. The highest BCUT2D eigenvalue weighted by molar-refractivity contribution is 7.92. The van der Waals surface area contributed by atoms with Crippen molar-refractivity contribution >= 4 is 73.4 Å². The second-order valence-corrected chi connectivity index (χ2v) is 25.1. The first kappa shape index (κ1) is 60.6. The molecule has 0 spiro atoms. The minimum absolute atomic E-state index is 0. The van der Waals surface area contributed by atoms with Crippen LogP contribution in [0.15, 0.2) is 83.0 Å². The number of aryl methyl sites for hydroxylation is 2. The second kappa shape index (κ2) is 24.8. The maximum Gasteiger partial charge on any atom is 0.410 e. The van der Waals surface area contributed by atoms with Crippen LogP contribution in [0.4, 0.5) is 10.6 Å². The fourth-order valence-electron chi connectivity index (χ4n) is 8.83. The third-order valence-corrected chi connectivity index (χ3v) is 16.6. The number of amides is 2. The van der Waals surface area contributed by atoms with Crippen molar-refractivity contribution in [3.8, 4) is 0 Å². The quantitative estimate of drug-likeness (QED) is 0.115. The highest BCUT2D eigenvalue weighted by Crippen LogP contribution is 2.36. The summed E-state index contributed by atoms with van der Waals surface area (Å²) in [6.07, 6.45) is 7.18. The molecule has 414 valence electrons. The van der Waals surface area contributed by atoms with Crippen LogP contribution in [-0.2, 0) is 63.4 Å². The number of hydrogen-bond acceptors (Lipinski definition) is 15. The Morgan fingerprint density at radius 3 is 1.91 bits per heavy atom. The molecule has 2 fully saturated rings. The third-order valence-electron chi connectivity index (χ3n) is 13.1. The molecule has 3 aromatic heterocycles. The number of carboxylic acid groups (broad SMARTS) is 1. The second-order valence-electron chi connectivity index (χ2n) is 21.5. The number of nitrogens with one attached hydrogen (secondary N) is 1. The number of anilines is 1. The van der Waals surface area contributed by atoms with E-state index in [4.69, 9.17) is 20.3 Å². The first-order valence-corrected chi connectivity index (χ1v) is 28.0. The fraction of sp³-hybridized carbons (Fsp3) is 0.509. The van der Waals surface area contributed by atoms with Crippen LogP contribution < -0.4 is 15.4 Å². The van der Waals surface area contributed by atoms with Gasteiger partial charge in [-0.15, -0.1) is 12.4 Å². The van der Waals surface area contributed by atoms with E-state index in [2.05, 4.69) is 25.3 Å². The van der Waals surface area contributed by atoms with E-state index in [0.29, 0.717) is 67.3 Å². The standard InChI is InChI=1S/C26H33N5O5S.C14H16N4O2S.C13H22O4.ClH/c1-17-6-8-20(9-7-17)37(34,35)31-13-11-22-23(31)27-14-19(29-22)15-28-24(32)21-16-30(12-10-18(21)2)25(33)36-26(3,4)5;1-10-2-4-12(5-3-10)21(19,20)18-7-6-13-14(18)16-9-11(8-15)17-13;1-8-5-6-9(7-10(8)11(14)15)12(16)17-13(2,3)4;/h6-9,11,13-14,18,21H,10,12,15-16H2,1-5H3,(H,28,32);2-5,9H,6-8,15H2,1H3;8-10H,5-7H2,1-4H3,(H,14,15);1H/t18-,21+;;8-,9?,10+;/m1.1./s1. The Morgan fingerprint density at radius 1 is 0.750 bits per heavy atom. The summed E-state index contributed by atoms with van der Waals surface area (Å²) in [5.41, 5.74) is 8.89. The predicted molar refractivity (Wildman–Crippen MR) is 288 cm³/mol. The first-order chi connectivity index (χ1) is 35.1. The average Bonchev–Trinajstić information content (AvgIpc) is 3.98. The van der Waals surface area contributed by atoms with Crippen LogP contribution in [0.25, 0.3) is 11.2 Å². The Kier molecular flexibility index (Phi) is 19.8. The number of ether oxygens (including phenoxy) is 2. The lowest BCUT2D eigenvalue weighted by atomic mass is 9.75. The van der Waals surface area contributed by atoms with E-state index in [0.717, 1.165) is 27.9 Å². The maximum atomic E-state index is 13.1. The lowest BCUT2D eigenvalue weighted by molar-refractivity contribution is -0.163. The number of fused-ring (bicyclic) bond motifs is 2. The summed E-state index contributed by atoms with van der Waals surface area (Å²) < 4.78 is 64.7. The van der Waals surface area contributed by atoms with E-state index in [1.165, 1.54) is 22.9 Å². The summed E-state index contributed by atoms with van der Waals surface area (Å²) in [5, 5.41) is 12.0. The number of aromatic nitrogens is 5. The number of carbonyl (C=O) groups excluding carboxylic acids is 3. The van der Waals surface area contributed by atoms with Crippen molar-refractivity contribution in [1.82, 2.24) is 34.1 Å². The Bertz CT molecular complexity index is 3090. The van der Waals surface area contributed by atoms with Gasteiger partial charge in [-0.05, 0) is 123 Å². The molecule has 4 N–H and O–H groups in total. The number of nitrogens with two attached hydrogens (primary N) is 1. The van der Waals surface area contributed by atoms with Crippen molar-refractivity contribution in [1.29, 1.82) is 0 Å². The average molecular weight is 1110 g/mol. The highest BCUT2D eigenvalue weighted by atomic mass is 35.5. The number of halogens is 1. The number of sulfonamides is 1. The van der Waals surface area contributed by atoms with Crippen LogP contribution in [0.5, 0.6) is 0 Å². The van der Waals surface area contributed by atoms with Gasteiger partial charge in [-0.1, -0.05) is 49.2 Å². The molecule has 1 unspecified atom stereocenters. The van der Waals surface area contributed by atoms with Crippen LogP contribution in [0.2, 0.25) is 0 Å². The molecule has 1 saturated heterocycles. The normalized spacial score (nSPS) is 19.6. The third kappa shape index (κ3) is 15.2. The van der Waals surface area contributed by atoms with Gasteiger partial charge in [-0.2, -0.15) is 0 Å². The molecule has 2 amide bonds. The number of carbonyl (C=O) groups is 4. The van der Waals surface area contributed by atoms with E-state index in [1.807, 2.05) is 69.2 Å². The number of esters is 1.